The Morgan fingerprint density at radius 1 is 1.57 bits per heavy atom. The van der Waals surface area contributed by atoms with E-state index in [9.17, 15) is 15.3 Å². The van der Waals surface area contributed by atoms with Gasteiger partial charge in [0.25, 0.3) is 5.69 Å². The van der Waals surface area contributed by atoms with Gasteiger partial charge in [0.15, 0.2) is 0 Å². The molecule has 0 saturated carbocycles. The van der Waals surface area contributed by atoms with E-state index in [1.807, 2.05) is 0 Å². The molecule has 2 rings (SSSR count). The highest BCUT2D eigenvalue weighted by Gasteiger charge is 2.23. The molecule has 1 aromatic rings. The maximum Gasteiger partial charge on any atom is 0.272 e. The Labute approximate surface area is 86.5 Å². The first-order chi connectivity index (χ1) is 6.59. The lowest BCUT2D eigenvalue weighted by atomic mass is 10.2. The Morgan fingerprint density at radius 2 is 2.29 bits per heavy atom. The molecule has 0 unspecified atom stereocenters. The number of halogens is 1. The van der Waals surface area contributed by atoms with Crippen LogP contribution in [-0.4, -0.2) is 10.1 Å². The van der Waals surface area contributed by atoms with Crippen molar-refractivity contribution >= 4 is 33.0 Å². The van der Waals surface area contributed by atoms with E-state index in [2.05, 4.69) is 26.9 Å². The molecule has 0 spiro atoms. The molecule has 74 valence electrons. The molecule has 0 aromatic heterocycles. The van der Waals surface area contributed by atoms with Crippen molar-refractivity contribution in [2.45, 2.75) is 0 Å². The van der Waals surface area contributed by atoms with E-state index in [0.717, 1.165) is 0 Å². The Hall–Kier alpha value is -1.38. The predicted octanol–water partition coefficient (Wildman–Crippen LogP) is 1.40. The Kier molecular flexibility index (Phi) is 2.02. The fraction of sp³-hybridized carbons (Fsp3) is 0. The van der Waals surface area contributed by atoms with Crippen molar-refractivity contribution in [1.82, 2.24) is 5.53 Å². The monoisotopic (exact) mass is 260 g/mol. The van der Waals surface area contributed by atoms with Crippen molar-refractivity contribution < 1.29 is 10.1 Å². The van der Waals surface area contributed by atoms with Gasteiger partial charge in [-0.15, -0.1) is 5.53 Å². The van der Waals surface area contributed by atoms with E-state index in [4.69, 9.17) is 0 Å². The van der Waals surface area contributed by atoms with Gasteiger partial charge in [-0.25, -0.2) is 0 Å². The molecule has 3 N–H and O–H groups in total. The molecule has 0 atom stereocenters. The number of nitro groups is 1. The number of hydrogen-bond acceptors (Lipinski definition) is 6. The third-order valence-corrected chi connectivity index (χ3v) is 2.41. The minimum absolute atomic E-state index is 0.0971. The van der Waals surface area contributed by atoms with Crippen LogP contribution in [0.3, 0.4) is 0 Å². The summed E-state index contributed by atoms with van der Waals surface area (Å²) in [7, 11) is 0. The number of fused-ring (bicyclic) bond motifs is 1. The quantitative estimate of drug-likeness (QED) is 0.522. The highest BCUT2D eigenvalue weighted by atomic mass is 79.9. The summed E-state index contributed by atoms with van der Waals surface area (Å²) in [6.45, 7) is 0. The number of hydrogen-bond donors (Lipinski definition) is 3. The summed E-state index contributed by atoms with van der Waals surface area (Å²) in [6, 6.07) is 2.61. The highest BCUT2D eigenvalue weighted by Crippen LogP contribution is 2.38. The van der Waals surface area contributed by atoms with Crippen molar-refractivity contribution in [1.29, 1.82) is 0 Å². The summed E-state index contributed by atoms with van der Waals surface area (Å²) >= 11 is 3.15. The van der Waals surface area contributed by atoms with Crippen molar-refractivity contribution in [2.24, 2.45) is 0 Å². The lowest BCUT2D eigenvalue weighted by Gasteiger charge is -2.06. The first-order valence-corrected chi connectivity index (χ1v) is 4.37. The topological polar surface area (TPSA) is 90.7 Å². The molecule has 1 aliphatic heterocycles. The second kappa shape index (κ2) is 3.08. The molecule has 0 amide bonds. The fourth-order valence-electron chi connectivity index (χ4n) is 1.14. The summed E-state index contributed by atoms with van der Waals surface area (Å²) in [4.78, 5) is 9.97. The number of nitrogens with one attached hydrogen (secondary N) is 2. The number of rotatable bonds is 1. The van der Waals surface area contributed by atoms with E-state index in [-0.39, 0.29) is 5.69 Å². The van der Waals surface area contributed by atoms with E-state index in [0.29, 0.717) is 21.0 Å². The lowest BCUT2D eigenvalue weighted by Crippen LogP contribution is -2.32. The van der Waals surface area contributed by atoms with Crippen LogP contribution in [0.2, 0.25) is 0 Å². The normalized spacial score (nSPS) is 13.7. The number of benzene rings is 1. The van der Waals surface area contributed by atoms with E-state index < -0.39 is 4.92 Å². The molecular formula is C6H5BrN4O3. The molecule has 7 nitrogen and oxygen atoms in total. The standard InChI is InChI=1S/C6H5BrN4O3/c7-4-1-3(11(13)14)2-5-6(4)8-9-10(5)12/h1-2,8-9,12H. The zero-order chi connectivity index (χ0) is 10.3. The number of hydrazine groups is 2. The van der Waals surface area contributed by atoms with Gasteiger partial charge in [0.1, 0.15) is 5.69 Å². The van der Waals surface area contributed by atoms with Gasteiger partial charge in [0, 0.05) is 12.1 Å². The van der Waals surface area contributed by atoms with Gasteiger partial charge in [0.05, 0.1) is 15.1 Å². The molecular weight excluding hydrogens is 256 g/mol. The largest absolute Gasteiger partial charge is 0.299 e. The smallest absolute Gasteiger partial charge is 0.272 e. The van der Waals surface area contributed by atoms with Gasteiger partial charge in [-0.2, -0.15) is 5.17 Å². The summed E-state index contributed by atoms with van der Waals surface area (Å²) < 4.78 is 0.505. The maximum atomic E-state index is 10.5. The molecule has 1 aromatic carbocycles. The van der Waals surface area contributed by atoms with Crippen LogP contribution in [0.25, 0.3) is 0 Å². The molecule has 0 aliphatic carbocycles. The minimum atomic E-state index is -0.531. The SMILES string of the molecule is O=[N+]([O-])c1cc(Br)c2c(c1)N(O)NN2. The maximum absolute atomic E-state index is 10.5. The number of nitro benzene ring substituents is 1. The molecule has 1 heterocycles. The Balaban J connectivity index is 2.58. The van der Waals surface area contributed by atoms with Crippen LogP contribution in [0, 0.1) is 10.1 Å². The molecule has 8 heteroatoms. The second-order valence-electron chi connectivity index (χ2n) is 2.63. The van der Waals surface area contributed by atoms with E-state index in [1.165, 1.54) is 12.1 Å². The molecule has 0 radical (unpaired) electrons. The summed E-state index contributed by atoms with van der Waals surface area (Å²) in [5.74, 6) is 0. The number of nitrogens with zero attached hydrogens (tertiary/aromatic N) is 2. The molecule has 14 heavy (non-hydrogen) atoms. The number of non-ortho nitro benzene ring substituents is 1. The first kappa shape index (κ1) is 9.19. The van der Waals surface area contributed by atoms with Gasteiger partial charge >= 0.3 is 0 Å². The van der Waals surface area contributed by atoms with Crippen LogP contribution < -0.4 is 16.1 Å². The lowest BCUT2D eigenvalue weighted by molar-refractivity contribution is -0.384. The van der Waals surface area contributed by atoms with Crippen LogP contribution in [0.4, 0.5) is 17.1 Å². The fourth-order valence-corrected chi connectivity index (χ4v) is 1.68. The minimum Gasteiger partial charge on any atom is -0.299 e. The van der Waals surface area contributed by atoms with Gasteiger partial charge < -0.3 is 0 Å². The van der Waals surface area contributed by atoms with Gasteiger partial charge in [-0.05, 0) is 15.9 Å². The van der Waals surface area contributed by atoms with Crippen LogP contribution in [-0.2, 0) is 0 Å². The molecule has 1 aliphatic rings. The number of anilines is 2. The van der Waals surface area contributed by atoms with Crippen LogP contribution in [0.1, 0.15) is 0 Å². The van der Waals surface area contributed by atoms with Crippen LogP contribution >= 0.6 is 15.9 Å². The zero-order valence-corrected chi connectivity index (χ0v) is 8.28. The van der Waals surface area contributed by atoms with E-state index in [1.54, 1.807) is 0 Å². The van der Waals surface area contributed by atoms with Crippen molar-refractivity contribution in [3.05, 3.63) is 26.7 Å². The first-order valence-electron chi connectivity index (χ1n) is 3.58. The van der Waals surface area contributed by atoms with Gasteiger partial charge in [-0.1, -0.05) is 0 Å². The summed E-state index contributed by atoms with van der Waals surface area (Å²) in [5.41, 5.74) is 5.77. The second-order valence-corrected chi connectivity index (χ2v) is 3.48. The van der Waals surface area contributed by atoms with Crippen LogP contribution in [0.5, 0.6) is 0 Å². The third kappa shape index (κ3) is 1.29. The van der Waals surface area contributed by atoms with Crippen molar-refractivity contribution in [3.63, 3.8) is 0 Å². The summed E-state index contributed by atoms with van der Waals surface area (Å²) in [5, 5.41) is 20.4. The van der Waals surface area contributed by atoms with Crippen LogP contribution in [0.15, 0.2) is 16.6 Å². The molecule has 0 saturated heterocycles. The molecule has 0 bridgehead atoms. The van der Waals surface area contributed by atoms with E-state index >= 15 is 0 Å². The Morgan fingerprint density at radius 3 is 2.93 bits per heavy atom. The average molecular weight is 261 g/mol. The highest BCUT2D eigenvalue weighted by molar-refractivity contribution is 9.10. The summed E-state index contributed by atoms with van der Waals surface area (Å²) in [6.07, 6.45) is 0. The predicted molar refractivity (Wildman–Crippen MR) is 51.8 cm³/mol. The van der Waals surface area contributed by atoms with Crippen molar-refractivity contribution in [2.75, 3.05) is 10.6 Å². The third-order valence-electron chi connectivity index (χ3n) is 1.78. The average Bonchev–Trinajstić information content (AvgIpc) is 2.48. The van der Waals surface area contributed by atoms with Gasteiger partial charge in [0.2, 0.25) is 0 Å². The zero-order valence-electron chi connectivity index (χ0n) is 6.69. The van der Waals surface area contributed by atoms with Gasteiger partial charge in [-0.3, -0.25) is 20.7 Å². The Bertz CT molecular complexity index is 410. The van der Waals surface area contributed by atoms with Crippen molar-refractivity contribution in [3.8, 4) is 0 Å². The molecule has 0 fully saturated rings.